The van der Waals surface area contributed by atoms with E-state index in [-0.39, 0.29) is 12.1 Å². The summed E-state index contributed by atoms with van der Waals surface area (Å²) in [5, 5.41) is 5.59. The maximum Gasteiger partial charge on any atom is 0.414 e. The van der Waals surface area contributed by atoms with E-state index >= 15 is 0 Å². The Hall–Kier alpha value is -2.28. The molecule has 142 valence electrons. The predicted molar refractivity (Wildman–Crippen MR) is 99.5 cm³/mol. The van der Waals surface area contributed by atoms with Crippen molar-refractivity contribution in [2.75, 3.05) is 36.5 Å². The van der Waals surface area contributed by atoms with Crippen LogP contribution in [-0.2, 0) is 9.47 Å². The van der Waals surface area contributed by atoms with Crippen LogP contribution in [0.4, 0.5) is 21.0 Å². The van der Waals surface area contributed by atoms with Crippen molar-refractivity contribution in [3.05, 3.63) is 24.3 Å². The Balaban J connectivity index is 1.41. The molecule has 2 fully saturated rings. The molecule has 1 saturated heterocycles. The summed E-state index contributed by atoms with van der Waals surface area (Å²) in [4.78, 5) is 25.2. The van der Waals surface area contributed by atoms with Crippen LogP contribution in [0.15, 0.2) is 24.3 Å². The first-order valence-electron chi connectivity index (χ1n) is 9.34. The lowest BCUT2D eigenvalue weighted by molar-refractivity contribution is -0.00232. The van der Waals surface area contributed by atoms with Crippen LogP contribution in [0.1, 0.15) is 32.6 Å². The molecule has 2 aliphatic rings. The number of carbonyl (C=O) groups excluding carboxylic acids is 2. The van der Waals surface area contributed by atoms with E-state index in [1.807, 2.05) is 6.07 Å². The largest absolute Gasteiger partial charge is 0.447 e. The molecule has 0 unspecified atom stereocenters. The average Bonchev–Trinajstić information content (AvgIpc) is 3.06. The summed E-state index contributed by atoms with van der Waals surface area (Å²) in [6.07, 6.45) is 4.80. The van der Waals surface area contributed by atoms with Gasteiger partial charge in [-0.1, -0.05) is 25.8 Å². The van der Waals surface area contributed by atoms with Gasteiger partial charge in [-0.2, -0.15) is 0 Å². The average molecular weight is 361 g/mol. The molecule has 7 heteroatoms. The Morgan fingerprint density at radius 3 is 2.96 bits per heavy atom. The summed E-state index contributed by atoms with van der Waals surface area (Å²) in [6.45, 7) is 4.12. The highest BCUT2D eigenvalue weighted by atomic mass is 16.6. The molecular formula is C19H27N3O4. The summed E-state index contributed by atoms with van der Waals surface area (Å²) >= 11 is 0. The second-order valence-electron chi connectivity index (χ2n) is 6.87. The standard InChI is InChI=1S/C19H27N3O4/c1-14-5-2-3-8-17(14)25-11-9-20-18(23)21-15-6-4-7-16(13-15)22-10-12-26-19(22)24/h4,6-7,13-14,17H,2-3,5,8-12H2,1H3,(H2,20,21,23)/t14-,17-/m1/s1. The Morgan fingerprint density at radius 2 is 2.19 bits per heavy atom. The normalized spacial score (nSPS) is 22.8. The highest BCUT2D eigenvalue weighted by Crippen LogP contribution is 2.26. The number of ether oxygens (including phenoxy) is 2. The summed E-state index contributed by atoms with van der Waals surface area (Å²) in [5.41, 5.74) is 1.33. The lowest BCUT2D eigenvalue weighted by atomic mass is 9.88. The number of nitrogens with one attached hydrogen (secondary N) is 2. The smallest absolute Gasteiger partial charge is 0.414 e. The van der Waals surface area contributed by atoms with Crippen LogP contribution in [0.3, 0.4) is 0 Å². The van der Waals surface area contributed by atoms with Gasteiger partial charge in [0.25, 0.3) is 0 Å². The molecule has 0 aromatic heterocycles. The molecule has 3 rings (SSSR count). The van der Waals surface area contributed by atoms with Crippen LogP contribution in [0.2, 0.25) is 0 Å². The number of hydrogen-bond donors (Lipinski definition) is 2. The van der Waals surface area contributed by atoms with Gasteiger partial charge in [-0.15, -0.1) is 0 Å². The van der Waals surface area contributed by atoms with Gasteiger partial charge < -0.3 is 20.1 Å². The topological polar surface area (TPSA) is 79.9 Å². The van der Waals surface area contributed by atoms with Crippen LogP contribution in [0.25, 0.3) is 0 Å². The van der Waals surface area contributed by atoms with Crippen molar-refractivity contribution >= 4 is 23.5 Å². The first-order chi connectivity index (χ1) is 12.6. The maximum atomic E-state index is 12.0. The fraction of sp³-hybridized carbons (Fsp3) is 0.579. The van der Waals surface area contributed by atoms with Gasteiger partial charge in [-0.3, -0.25) is 4.90 Å². The molecule has 1 aliphatic carbocycles. The van der Waals surface area contributed by atoms with Crippen molar-refractivity contribution in [3.8, 4) is 0 Å². The lowest BCUT2D eigenvalue weighted by Crippen LogP contribution is -2.34. The molecule has 1 heterocycles. The molecule has 7 nitrogen and oxygen atoms in total. The number of anilines is 2. The van der Waals surface area contributed by atoms with Crippen molar-refractivity contribution in [2.45, 2.75) is 38.7 Å². The monoisotopic (exact) mass is 361 g/mol. The Morgan fingerprint density at radius 1 is 1.35 bits per heavy atom. The molecule has 0 radical (unpaired) electrons. The number of carbonyl (C=O) groups is 2. The summed E-state index contributed by atoms with van der Waals surface area (Å²) in [5.74, 6) is 0.595. The van der Waals surface area contributed by atoms with Gasteiger partial charge in [-0.25, -0.2) is 9.59 Å². The molecule has 3 amide bonds. The van der Waals surface area contributed by atoms with Crippen LogP contribution in [0, 0.1) is 5.92 Å². The van der Waals surface area contributed by atoms with Gasteiger partial charge in [-0.05, 0) is 37.0 Å². The Bertz CT molecular complexity index is 637. The fourth-order valence-corrected chi connectivity index (χ4v) is 3.46. The number of amides is 3. The van der Waals surface area contributed by atoms with Crippen molar-refractivity contribution in [2.24, 2.45) is 5.92 Å². The minimum Gasteiger partial charge on any atom is -0.447 e. The summed E-state index contributed by atoms with van der Waals surface area (Å²) in [7, 11) is 0. The third kappa shape index (κ3) is 4.88. The molecule has 26 heavy (non-hydrogen) atoms. The molecule has 1 saturated carbocycles. The first kappa shape index (κ1) is 18.5. The molecular weight excluding hydrogens is 334 g/mol. The second-order valence-corrected chi connectivity index (χ2v) is 6.87. The zero-order chi connectivity index (χ0) is 18.4. The van der Waals surface area contributed by atoms with E-state index in [2.05, 4.69) is 17.6 Å². The lowest BCUT2D eigenvalue weighted by Gasteiger charge is -2.28. The van der Waals surface area contributed by atoms with Crippen LogP contribution >= 0.6 is 0 Å². The molecule has 0 bridgehead atoms. The van der Waals surface area contributed by atoms with E-state index in [4.69, 9.17) is 9.47 Å². The second kappa shape index (κ2) is 8.89. The van der Waals surface area contributed by atoms with Gasteiger partial charge in [0.05, 0.1) is 19.3 Å². The van der Waals surface area contributed by atoms with Crippen LogP contribution in [-0.4, -0.2) is 44.5 Å². The van der Waals surface area contributed by atoms with E-state index in [9.17, 15) is 9.59 Å². The van der Waals surface area contributed by atoms with E-state index in [1.165, 1.54) is 19.3 Å². The maximum absolute atomic E-state index is 12.0. The third-order valence-corrected chi connectivity index (χ3v) is 4.93. The van der Waals surface area contributed by atoms with Crippen LogP contribution in [0.5, 0.6) is 0 Å². The number of rotatable bonds is 6. The predicted octanol–water partition coefficient (Wildman–Crippen LogP) is 3.36. The number of hydrogen-bond acceptors (Lipinski definition) is 4. The van der Waals surface area contributed by atoms with E-state index < -0.39 is 0 Å². The van der Waals surface area contributed by atoms with Crippen molar-refractivity contribution in [1.29, 1.82) is 0 Å². The number of cyclic esters (lactones) is 1. The van der Waals surface area contributed by atoms with E-state index in [0.717, 1.165) is 6.42 Å². The van der Waals surface area contributed by atoms with E-state index in [1.54, 1.807) is 23.1 Å². The molecule has 2 atom stereocenters. The summed E-state index contributed by atoms with van der Waals surface area (Å²) < 4.78 is 10.8. The van der Waals surface area contributed by atoms with Crippen LogP contribution < -0.4 is 15.5 Å². The number of urea groups is 1. The molecule has 1 aliphatic heterocycles. The minimum atomic E-state index is -0.360. The first-order valence-corrected chi connectivity index (χ1v) is 9.34. The Labute approximate surface area is 154 Å². The van der Waals surface area contributed by atoms with Crippen molar-refractivity contribution in [1.82, 2.24) is 5.32 Å². The van der Waals surface area contributed by atoms with Gasteiger partial charge in [0.1, 0.15) is 6.61 Å². The molecule has 1 aromatic rings. The quantitative estimate of drug-likeness (QED) is 0.762. The zero-order valence-corrected chi connectivity index (χ0v) is 15.2. The van der Waals surface area contributed by atoms with Gasteiger partial charge in [0.2, 0.25) is 0 Å². The Kier molecular flexibility index (Phi) is 6.33. The van der Waals surface area contributed by atoms with E-state index in [0.29, 0.717) is 49.7 Å². The SMILES string of the molecule is C[C@@H]1CCCC[C@H]1OCCNC(=O)Nc1cccc(N2CCOC2=O)c1. The van der Waals surface area contributed by atoms with Crippen molar-refractivity contribution in [3.63, 3.8) is 0 Å². The highest BCUT2D eigenvalue weighted by Gasteiger charge is 2.24. The number of nitrogens with zero attached hydrogens (tertiary/aromatic N) is 1. The van der Waals surface area contributed by atoms with Gasteiger partial charge in [0, 0.05) is 17.9 Å². The molecule has 2 N–H and O–H groups in total. The van der Waals surface area contributed by atoms with Crippen molar-refractivity contribution < 1.29 is 19.1 Å². The third-order valence-electron chi connectivity index (χ3n) is 4.93. The zero-order valence-electron chi connectivity index (χ0n) is 15.2. The van der Waals surface area contributed by atoms with Gasteiger partial charge >= 0.3 is 12.1 Å². The highest BCUT2D eigenvalue weighted by molar-refractivity contribution is 5.93. The summed E-state index contributed by atoms with van der Waals surface area (Å²) in [6, 6.07) is 6.86. The number of benzene rings is 1. The molecule has 0 spiro atoms. The fourth-order valence-electron chi connectivity index (χ4n) is 3.46. The van der Waals surface area contributed by atoms with Gasteiger partial charge in [0.15, 0.2) is 0 Å². The molecule has 1 aromatic carbocycles. The minimum absolute atomic E-state index is 0.286.